The molecule has 0 amide bonds. The molecule has 2 N–H and O–H groups in total. The van der Waals surface area contributed by atoms with Gasteiger partial charge in [0.25, 0.3) is 0 Å². The first-order valence-electron chi connectivity index (χ1n) is 7.46. The Bertz CT molecular complexity index is 593. The maximum absolute atomic E-state index is 6.02. The van der Waals surface area contributed by atoms with E-state index >= 15 is 0 Å². The van der Waals surface area contributed by atoms with Crippen molar-refractivity contribution in [2.24, 2.45) is 5.73 Å². The van der Waals surface area contributed by atoms with Crippen molar-refractivity contribution in [3.63, 3.8) is 0 Å². The average molecular weight is 349 g/mol. The third-order valence-corrected chi connectivity index (χ3v) is 4.73. The highest BCUT2D eigenvalue weighted by atomic mass is 79.9. The molecule has 4 heteroatoms. The Hall–Kier alpha value is -1.10. The SMILES string of the molecule is CC1CC(N)CCN1Cc1ccc(-c2ccc(Br)cc2)o1. The minimum Gasteiger partial charge on any atom is -0.460 e. The van der Waals surface area contributed by atoms with Crippen molar-refractivity contribution in [3.05, 3.63) is 46.6 Å². The Morgan fingerprint density at radius 3 is 2.71 bits per heavy atom. The van der Waals surface area contributed by atoms with Gasteiger partial charge in [0.15, 0.2) is 0 Å². The normalized spacial score (nSPS) is 23.4. The van der Waals surface area contributed by atoms with Crippen molar-refractivity contribution in [1.82, 2.24) is 4.90 Å². The van der Waals surface area contributed by atoms with E-state index in [1.165, 1.54) is 0 Å². The van der Waals surface area contributed by atoms with Crippen molar-refractivity contribution in [3.8, 4) is 11.3 Å². The molecule has 2 atom stereocenters. The molecule has 3 rings (SSSR count). The highest BCUT2D eigenvalue weighted by Gasteiger charge is 2.23. The zero-order chi connectivity index (χ0) is 14.8. The fourth-order valence-corrected chi connectivity index (χ4v) is 3.19. The quantitative estimate of drug-likeness (QED) is 0.910. The summed E-state index contributed by atoms with van der Waals surface area (Å²) in [5.74, 6) is 1.95. The van der Waals surface area contributed by atoms with Crippen LogP contribution >= 0.6 is 15.9 Å². The smallest absolute Gasteiger partial charge is 0.134 e. The van der Waals surface area contributed by atoms with Crippen LogP contribution in [0.25, 0.3) is 11.3 Å². The van der Waals surface area contributed by atoms with Gasteiger partial charge in [-0.05, 0) is 44.0 Å². The molecule has 0 radical (unpaired) electrons. The van der Waals surface area contributed by atoms with Gasteiger partial charge in [-0.15, -0.1) is 0 Å². The van der Waals surface area contributed by atoms with Crippen LogP contribution in [0.3, 0.4) is 0 Å². The topological polar surface area (TPSA) is 42.4 Å². The predicted molar refractivity (Wildman–Crippen MR) is 88.9 cm³/mol. The van der Waals surface area contributed by atoms with Gasteiger partial charge in [0.1, 0.15) is 11.5 Å². The molecule has 1 aromatic carbocycles. The molecule has 112 valence electrons. The number of benzene rings is 1. The Balaban J connectivity index is 1.69. The van der Waals surface area contributed by atoms with Crippen LogP contribution in [0.5, 0.6) is 0 Å². The van der Waals surface area contributed by atoms with Gasteiger partial charge in [-0.1, -0.05) is 28.1 Å². The monoisotopic (exact) mass is 348 g/mol. The van der Waals surface area contributed by atoms with Crippen molar-refractivity contribution < 1.29 is 4.42 Å². The zero-order valence-corrected chi connectivity index (χ0v) is 13.8. The Morgan fingerprint density at radius 2 is 2.00 bits per heavy atom. The van der Waals surface area contributed by atoms with Gasteiger partial charge < -0.3 is 10.2 Å². The van der Waals surface area contributed by atoms with E-state index in [2.05, 4.69) is 52.0 Å². The fourth-order valence-electron chi connectivity index (χ4n) is 2.92. The number of halogens is 1. The van der Waals surface area contributed by atoms with Crippen molar-refractivity contribution in [1.29, 1.82) is 0 Å². The van der Waals surface area contributed by atoms with E-state index in [4.69, 9.17) is 10.2 Å². The maximum Gasteiger partial charge on any atom is 0.134 e. The molecule has 0 saturated carbocycles. The lowest BCUT2D eigenvalue weighted by atomic mass is 9.99. The van der Waals surface area contributed by atoms with Gasteiger partial charge in [-0.25, -0.2) is 0 Å². The van der Waals surface area contributed by atoms with Crippen LogP contribution in [0.1, 0.15) is 25.5 Å². The molecule has 1 saturated heterocycles. The maximum atomic E-state index is 6.02. The van der Waals surface area contributed by atoms with E-state index in [-0.39, 0.29) is 0 Å². The van der Waals surface area contributed by atoms with Crippen molar-refractivity contribution >= 4 is 15.9 Å². The number of hydrogen-bond donors (Lipinski definition) is 1. The average Bonchev–Trinajstić information content (AvgIpc) is 2.91. The van der Waals surface area contributed by atoms with E-state index in [0.717, 1.165) is 47.5 Å². The first-order chi connectivity index (χ1) is 10.1. The number of nitrogens with two attached hydrogens (primary N) is 1. The molecule has 2 aromatic rings. The van der Waals surface area contributed by atoms with Gasteiger partial charge in [-0.3, -0.25) is 4.90 Å². The second kappa shape index (κ2) is 6.34. The van der Waals surface area contributed by atoms with Gasteiger partial charge in [-0.2, -0.15) is 0 Å². The molecular weight excluding hydrogens is 328 g/mol. The molecule has 2 heterocycles. The van der Waals surface area contributed by atoms with E-state index in [1.54, 1.807) is 0 Å². The highest BCUT2D eigenvalue weighted by molar-refractivity contribution is 9.10. The lowest BCUT2D eigenvalue weighted by Crippen LogP contribution is -2.44. The van der Waals surface area contributed by atoms with Gasteiger partial charge in [0.2, 0.25) is 0 Å². The number of rotatable bonds is 3. The molecule has 1 aliphatic heterocycles. The van der Waals surface area contributed by atoms with Crippen LogP contribution in [-0.4, -0.2) is 23.5 Å². The van der Waals surface area contributed by atoms with Crippen LogP contribution in [0.4, 0.5) is 0 Å². The molecule has 1 aromatic heterocycles. The van der Waals surface area contributed by atoms with E-state index < -0.39 is 0 Å². The number of furan rings is 1. The lowest BCUT2D eigenvalue weighted by Gasteiger charge is -2.35. The summed E-state index contributed by atoms with van der Waals surface area (Å²) in [5.41, 5.74) is 7.13. The summed E-state index contributed by atoms with van der Waals surface area (Å²) in [5, 5.41) is 0. The van der Waals surface area contributed by atoms with E-state index in [9.17, 15) is 0 Å². The molecule has 21 heavy (non-hydrogen) atoms. The minimum atomic E-state index is 0.353. The molecule has 3 nitrogen and oxygen atoms in total. The van der Waals surface area contributed by atoms with Gasteiger partial charge in [0.05, 0.1) is 6.54 Å². The van der Waals surface area contributed by atoms with E-state index in [0.29, 0.717) is 12.1 Å². The number of piperidine rings is 1. The highest BCUT2D eigenvalue weighted by Crippen LogP contribution is 2.26. The van der Waals surface area contributed by atoms with Crippen LogP contribution in [0, 0.1) is 0 Å². The van der Waals surface area contributed by atoms with Crippen molar-refractivity contribution in [2.45, 2.75) is 38.4 Å². The minimum absolute atomic E-state index is 0.353. The van der Waals surface area contributed by atoms with Crippen LogP contribution < -0.4 is 5.73 Å². The molecule has 1 fully saturated rings. The van der Waals surface area contributed by atoms with Gasteiger partial charge in [0, 0.05) is 28.7 Å². The summed E-state index contributed by atoms with van der Waals surface area (Å²) in [6.07, 6.45) is 2.14. The molecule has 0 spiro atoms. The predicted octanol–water partition coefficient (Wildman–Crippen LogP) is 4.02. The Labute approximate surface area is 134 Å². The first-order valence-corrected chi connectivity index (χ1v) is 8.25. The standard InChI is InChI=1S/C17H21BrN2O/c1-12-10-15(19)8-9-20(12)11-16-6-7-17(21-16)13-2-4-14(18)5-3-13/h2-7,12,15H,8-11,19H2,1H3. The largest absolute Gasteiger partial charge is 0.460 e. The summed E-state index contributed by atoms with van der Waals surface area (Å²) in [6, 6.07) is 13.2. The summed E-state index contributed by atoms with van der Waals surface area (Å²) in [7, 11) is 0. The Kier molecular flexibility index (Phi) is 4.48. The third kappa shape index (κ3) is 3.57. The van der Waals surface area contributed by atoms with E-state index in [1.807, 2.05) is 12.1 Å². The van der Waals surface area contributed by atoms with Gasteiger partial charge >= 0.3 is 0 Å². The fraction of sp³-hybridized carbons (Fsp3) is 0.412. The van der Waals surface area contributed by atoms with Crippen LogP contribution in [-0.2, 0) is 6.54 Å². The summed E-state index contributed by atoms with van der Waals surface area (Å²) >= 11 is 3.45. The zero-order valence-electron chi connectivity index (χ0n) is 12.3. The summed E-state index contributed by atoms with van der Waals surface area (Å²) in [4.78, 5) is 2.45. The third-order valence-electron chi connectivity index (χ3n) is 4.20. The molecule has 2 unspecified atom stereocenters. The number of likely N-dealkylation sites (tertiary alicyclic amines) is 1. The lowest BCUT2D eigenvalue weighted by molar-refractivity contribution is 0.130. The molecular formula is C17H21BrN2O. The number of hydrogen-bond acceptors (Lipinski definition) is 3. The molecule has 1 aliphatic rings. The Morgan fingerprint density at radius 1 is 1.24 bits per heavy atom. The van der Waals surface area contributed by atoms with Crippen LogP contribution in [0.2, 0.25) is 0 Å². The van der Waals surface area contributed by atoms with Crippen LogP contribution in [0.15, 0.2) is 45.3 Å². The first kappa shape index (κ1) is 14.8. The molecule has 0 bridgehead atoms. The van der Waals surface area contributed by atoms with Crippen molar-refractivity contribution in [2.75, 3.05) is 6.54 Å². The molecule has 0 aliphatic carbocycles. The second-order valence-corrected chi connectivity index (χ2v) is 6.79. The number of nitrogens with zero attached hydrogens (tertiary/aromatic N) is 1. The second-order valence-electron chi connectivity index (χ2n) is 5.88. The summed E-state index contributed by atoms with van der Waals surface area (Å²) in [6.45, 7) is 4.17. The summed E-state index contributed by atoms with van der Waals surface area (Å²) < 4.78 is 7.08.